The molecule has 0 radical (unpaired) electrons. The second-order valence-corrected chi connectivity index (χ2v) is 11.9. The van der Waals surface area contributed by atoms with Crippen molar-refractivity contribution in [2.24, 2.45) is 0 Å². The van der Waals surface area contributed by atoms with Gasteiger partial charge in [-0.25, -0.2) is 0 Å². The Balaban J connectivity index is 1.78. The first kappa shape index (κ1) is 21.4. The number of benzene rings is 5. The second kappa shape index (κ2) is 9.99. The van der Waals surface area contributed by atoms with E-state index in [0.717, 1.165) is 6.16 Å². The minimum atomic E-state index is -1.94. The van der Waals surface area contributed by atoms with Gasteiger partial charge in [0.1, 0.15) is 23.2 Å². The molecule has 0 N–H and O–H groups in total. The molecule has 0 aliphatic rings. The first-order valence-electron chi connectivity index (χ1n) is 11.5. The molecule has 0 bridgehead atoms. The van der Waals surface area contributed by atoms with E-state index in [2.05, 4.69) is 152 Å². The Hall–Kier alpha value is -3.47. The van der Waals surface area contributed by atoms with Crippen LogP contribution < -0.4 is 15.9 Å². The molecule has 0 saturated carbocycles. The average Bonchev–Trinajstić information content (AvgIpc) is 2.92. The van der Waals surface area contributed by atoms with Crippen molar-refractivity contribution < 1.29 is 0 Å². The van der Waals surface area contributed by atoms with E-state index in [9.17, 15) is 0 Å². The molecular formula is C32H28P+. The summed E-state index contributed by atoms with van der Waals surface area (Å²) >= 11 is 0. The molecule has 0 unspecified atom stereocenters. The van der Waals surface area contributed by atoms with Gasteiger partial charge in [0.25, 0.3) is 0 Å². The summed E-state index contributed by atoms with van der Waals surface area (Å²) in [6.07, 6.45) is 1.04. The van der Waals surface area contributed by atoms with Crippen LogP contribution in [0.3, 0.4) is 0 Å². The van der Waals surface area contributed by atoms with Crippen molar-refractivity contribution in [1.82, 2.24) is 0 Å². The highest BCUT2D eigenvalue weighted by molar-refractivity contribution is 7.95. The SMILES string of the molecule is c1ccc(C(C[P+](c2ccccc2)(c2ccccc2)c2ccccc2)c2ccccc2)cc1. The highest BCUT2D eigenvalue weighted by Gasteiger charge is 2.47. The lowest BCUT2D eigenvalue weighted by Crippen LogP contribution is -2.35. The molecule has 0 aliphatic heterocycles. The molecule has 5 aromatic rings. The molecule has 0 heterocycles. The van der Waals surface area contributed by atoms with Crippen molar-refractivity contribution in [2.75, 3.05) is 6.16 Å². The summed E-state index contributed by atoms with van der Waals surface area (Å²) < 4.78 is 0. The Kier molecular flexibility index (Phi) is 6.47. The molecule has 5 aromatic carbocycles. The Bertz CT molecular complexity index is 1110. The van der Waals surface area contributed by atoms with Gasteiger partial charge in [-0.15, -0.1) is 0 Å². The minimum absolute atomic E-state index is 0.293. The van der Waals surface area contributed by atoms with Gasteiger partial charge in [-0.05, 0) is 47.5 Å². The summed E-state index contributed by atoms with van der Waals surface area (Å²) in [6.45, 7) is 0. The highest BCUT2D eigenvalue weighted by Crippen LogP contribution is 2.58. The van der Waals surface area contributed by atoms with Crippen molar-refractivity contribution in [3.05, 3.63) is 163 Å². The fourth-order valence-corrected chi connectivity index (χ4v) is 9.40. The Morgan fingerprint density at radius 3 is 0.939 bits per heavy atom. The molecule has 0 aliphatic carbocycles. The monoisotopic (exact) mass is 443 g/mol. The van der Waals surface area contributed by atoms with Gasteiger partial charge < -0.3 is 0 Å². The normalized spacial score (nSPS) is 11.4. The van der Waals surface area contributed by atoms with Crippen molar-refractivity contribution in [2.45, 2.75) is 5.92 Å². The third-order valence-corrected chi connectivity index (χ3v) is 10.9. The summed E-state index contributed by atoms with van der Waals surface area (Å²) in [7, 11) is -1.94. The smallest absolute Gasteiger partial charge is 0.0622 e. The number of hydrogen-bond donors (Lipinski definition) is 0. The summed E-state index contributed by atoms with van der Waals surface area (Å²) in [6, 6.07) is 55.5. The fourth-order valence-electron chi connectivity index (χ4n) is 4.86. The summed E-state index contributed by atoms with van der Waals surface area (Å²) in [5.74, 6) is 0.293. The molecule has 0 fully saturated rings. The van der Waals surface area contributed by atoms with Crippen LogP contribution in [0.4, 0.5) is 0 Å². The predicted molar refractivity (Wildman–Crippen MR) is 145 cm³/mol. The Morgan fingerprint density at radius 2 is 0.636 bits per heavy atom. The van der Waals surface area contributed by atoms with Gasteiger partial charge in [-0.3, -0.25) is 0 Å². The van der Waals surface area contributed by atoms with Crippen molar-refractivity contribution >= 4 is 23.2 Å². The second-order valence-electron chi connectivity index (χ2n) is 8.37. The van der Waals surface area contributed by atoms with Gasteiger partial charge >= 0.3 is 0 Å². The number of rotatable bonds is 7. The van der Waals surface area contributed by atoms with Gasteiger partial charge in [0.2, 0.25) is 0 Å². The lowest BCUT2D eigenvalue weighted by molar-refractivity contribution is 0.930. The van der Waals surface area contributed by atoms with E-state index in [4.69, 9.17) is 0 Å². The van der Waals surface area contributed by atoms with E-state index in [1.54, 1.807) is 0 Å². The zero-order chi connectivity index (χ0) is 22.3. The van der Waals surface area contributed by atoms with Crippen LogP contribution in [-0.4, -0.2) is 6.16 Å². The molecule has 0 saturated heterocycles. The van der Waals surface area contributed by atoms with Gasteiger partial charge in [-0.2, -0.15) is 0 Å². The van der Waals surface area contributed by atoms with E-state index < -0.39 is 7.26 Å². The molecule has 33 heavy (non-hydrogen) atoms. The number of hydrogen-bond acceptors (Lipinski definition) is 0. The van der Waals surface area contributed by atoms with E-state index in [-0.39, 0.29) is 0 Å². The highest BCUT2D eigenvalue weighted by atomic mass is 31.2. The maximum Gasteiger partial charge on any atom is 0.113 e. The van der Waals surface area contributed by atoms with Crippen molar-refractivity contribution in [3.8, 4) is 0 Å². The van der Waals surface area contributed by atoms with E-state index in [0.29, 0.717) is 5.92 Å². The Labute approximate surface area is 197 Å². The van der Waals surface area contributed by atoms with Crippen LogP contribution >= 0.6 is 7.26 Å². The topological polar surface area (TPSA) is 0 Å². The molecule has 5 rings (SSSR count). The predicted octanol–water partition coefficient (Wildman–Crippen LogP) is 6.81. The van der Waals surface area contributed by atoms with Crippen LogP contribution in [0.5, 0.6) is 0 Å². The molecule has 0 atom stereocenters. The first-order valence-corrected chi connectivity index (χ1v) is 13.5. The van der Waals surface area contributed by atoms with Gasteiger partial charge in [-0.1, -0.05) is 115 Å². The molecule has 1 heteroatoms. The maximum atomic E-state index is 2.33. The van der Waals surface area contributed by atoms with Crippen LogP contribution in [0, 0.1) is 0 Å². The van der Waals surface area contributed by atoms with Crippen LogP contribution in [0.2, 0.25) is 0 Å². The van der Waals surface area contributed by atoms with E-state index in [1.807, 2.05) is 0 Å². The quantitative estimate of drug-likeness (QED) is 0.242. The van der Waals surface area contributed by atoms with Crippen LogP contribution in [0.15, 0.2) is 152 Å². The standard InChI is InChI=1S/C32H28P/c1-6-16-27(17-7-1)32(28-18-8-2-9-19-28)26-33(29-20-10-3-11-21-29,30-22-12-4-13-23-30)31-24-14-5-15-25-31/h1-25,32H,26H2/q+1. The summed E-state index contributed by atoms with van der Waals surface area (Å²) in [4.78, 5) is 0. The summed E-state index contributed by atoms with van der Waals surface area (Å²) in [5.41, 5.74) is 2.74. The Morgan fingerprint density at radius 1 is 0.364 bits per heavy atom. The third kappa shape index (κ3) is 4.40. The molecule has 0 amide bonds. The van der Waals surface area contributed by atoms with Gasteiger partial charge in [0.05, 0.1) is 6.16 Å². The largest absolute Gasteiger partial charge is 0.113 e. The molecule has 0 nitrogen and oxygen atoms in total. The zero-order valence-corrected chi connectivity index (χ0v) is 19.6. The first-order chi connectivity index (χ1) is 16.4. The maximum absolute atomic E-state index is 2.33. The van der Waals surface area contributed by atoms with Crippen molar-refractivity contribution in [1.29, 1.82) is 0 Å². The van der Waals surface area contributed by atoms with Crippen LogP contribution in [0.1, 0.15) is 17.0 Å². The molecule has 0 spiro atoms. The van der Waals surface area contributed by atoms with Crippen LogP contribution in [0.25, 0.3) is 0 Å². The minimum Gasteiger partial charge on any atom is -0.0622 e. The van der Waals surface area contributed by atoms with Gasteiger partial charge in [0.15, 0.2) is 0 Å². The molecule has 160 valence electrons. The van der Waals surface area contributed by atoms with Crippen LogP contribution in [-0.2, 0) is 0 Å². The summed E-state index contributed by atoms with van der Waals surface area (Å²) in [5, 5.41) is 4.29. The van der Waals surface area contributed by atoms with E-state index >= 15 is 0 Å². The molecule has 0 aromatic heterocycles. The third-order valence-electron chi connectivity index (χ3n) is 6.45. The van der Waals surface area contributed by atoms with Gasteiger partial charge in [0, 0.05) is 5.92 Å². The fraction of sp³-hybridized carbons (Fsp3) is 0.0625. The molecular weight excluding hydrogens is 415 g/mol. The lowest BCUT2D eigenvalue weighted by atomic mass is 9.93. The zero-order valence-electron chi connectivity index (χ0n) is 18.7. The average molecular weight is 444 g/mol. The van der Waals surface area contributed by atoms with E-state index in [1.165, 1.54) is 27.0 Å². The van der Waals surface area contributed by atoms with Crippen molar-refractivity contribution in [3.63, 3.8) is 0 Å². The lowest BCUT2D eigenvalue weighted by Gasteiger charge is -2.31.